The summed E-state index contributed by atoms with van der Waals surface area (Å²) in [5, 5.41) is 12.9. The van der Waals surface area contributed by atoms with Crippen LogP contribution in [0.3, 0.4) is 0 Å². The summed E-state index contributed by atoms with van der Waals surface area (Å²) in [6.45, 7) is 2.15. The zero-order chi connectivity index (χ0) is 13.8. The molecule has 0 aliphatic rings. The lowest BCUT2D eigenvalue weighted by Crippen LogP contribution is -2.01. The summed E-state index contributed by atoms with van der Waals surface area (Å²) in [5.41, 5.74) is 2.11. The molecule has 0 aliphatic carbocycles. The van der Waals surface area contributed by atoms with Gasteiger partial charge in [-0.25, -0.2) is 4.39 Å². The van der Waals surface area contributed by atoms with Crippen LogP contribution < -0.4 is 10.1 Å². The van der Waals surface area contributed by atoms with Crippen LogP contribution in [0.1, 0.15) is 11.1 Å². The molecule has 0 aromatic heterocycles. The van der Waals surface area contributed by atoms with E-state index in [0.717, 1.165) is 11.3 Å². The number of phenolic OH excluding ortho intramolecular Hbond substituents is 1. The molecule has 0 aliphatic heterocycles. The van der Waals surface area contributed by atoms with Crippen molar-refractivity contribution in [1.29, 1.82) is 0 Å². The van der Waals surface area contributed by atoms with Gasteiger partial charge in [-0.05, 0) is 48.9 Å². The third kappa shape index (κ3) is 3.16. The first kappa shape index (κ1) is 13.2. The molecular weight excluding hydrogens is 245 g/mol. The van der Waals surface area contributed by atoms with E-state index >= 15 is 0 Å². The minimum Gasteiger partial charge on any atom is -0.508 e. The van der Waals surface area contributed by atoms with E-state index in [1.807, 2.05) is 0 Å². The Balaban J connectivity index is 2.11. The lowest BCUT2D eigenvalue weighted by atomic mass is 10.1. The molecule has 0 saturated carbocycles. The topological polar surface area (TPSA) is 41.5 Å². The van der Waals surface area contributed by atoms with Gasteiger partial charge in [0.15, 0.2) is 0 Å². The molecular formula is C15H16FNO2. The summed E-state index contributed by atoms with van der Waals surface area (Å²) in [4.78, 5) is 0. The Morgan fingerprint density at radius 3 is 2.68 bits per heavy atom. The average Bonchev–Trinajstić information content (AvgIpc) is 2.41. The van der Waals surface area contributed by atoms with Gasteiger partial charge in [0.1, 0.15) is 17.3 Å². The van der Waals surface area contributed by atoms with Crippen LogP contribution in [0.4, 0.5) is 10.1 Å². The third-order valence-corrected chi connectivity index (χ3v) is 2.93. The Kier molecular flexibility index (Phi) is 3.90. The van der Waals surface area contributed by atoms with E-state index < -0.39 is 0 Å². The molecule has 3 nitrogen and oxygen atoms in total. The Hall–Kier alpha value is -2.23. The maximum absolute atomic E-state index is 13.1. The normalized spacial score (nSPS) is 10.3. The molecule has 0 atom stereocenters. The smallest absolute Gasteiger partial charge is 0.126 e. The maximum Gasteiger partial charge on any atom is 0.126 e. The zero-order valence-corrected chi connectivity index (χ0v) is 10.9. The second-order valence-corrected chi connectivity index (χ2v) is 4.31. The molecule has 4 heteroatoms. The second kappa shape index (κ2) is 5.61. The highest BCUT2D eigenvalue weighted by molar-refractivity contribution is 5.48. The van der Waals surface area contributed by atoms with Crippen molar-refractivity contribution in [3.8, 4) is 11.5 Å². The van der Waals surface area contributed by atoms with E-state index in [4.69, 9.17) is 4.74 Å². The Bertz CT molecular complexity index is 584. The van der Waals surface area contributed by atoms with Crippen LogP contribution in [0.5, 0.6) is 11.5 Å². The molecule has 2 N–H and O–H groups in total. The van der Waals surface area contributed by atoms with E-state index in [9.17, 15) is 9.50 Å². The summed E-state index contributed by atoms with van der Waals surface area (Å²) < 4.78 is 18.2. The van der Waals surface area contributed by atoms with Crippen LogP contribution in [-0.4, -0.2) is 12.2 Å². The largest absolute Gasteiger partial charge is 0.508 e. The van der Waals surface area contributed by atoms with Gasteiger partial charge in [-0.2, -0.15) is 0 Å². The molecule has 0 radical (unpaired) electrons. The van der Waals surface area contributed by atoms with Crippen LogP contribution >= 0.6 is 0 Å². The lowest BCUT2D eigenvalue weighted by molar-refractivity contribution is 0.411. The van der Waals surface area contributed by atoms with E-state index in [0.29, 0.717) is 17.9 Å². The third-order valence-electron chi connectivity index (χ3n) is 2.93. The molecule has 0 unspecified atom stereocenters. The van der Waals surface area contributed by atoms with E-state index in [1.54, 1.807) is 44.4 Å². The highest BCUT2D eigenvalue weighted by Crippen LogP contribution is 2.24. The lowest BCUT2D eigenvalue weighted by Gasteiger charge is -2.10. The zero-order valence-electron chi connectivity index (χ0n) is 10.9. The first-order valence-electron chi connectivity index (χ1n) is 5.96. The number of aryl methyl sites for hydroxylation is 1. The number of benzene rings is 2. The number of anilines is 1. The van der Waals surface area contributed by atoms with Crippen molar-refractivity contribution >= 4 is 5.69 Å². The van der Waals surface area contributed by atoms with E-state index in [1.165, 1.54) is 6.07 Å². The van der Waals surface area contributed by atoms with Crippen molar-refractivity contribution in [1.82, 2.24) is 0 Å². The van der Waals surface area contributed by atoms with Crippen molar-refractivity contribution in [2.24, 2.45) is 0 Å². The standard InChI is InChI=1S/C15H16FNO2/c1-10-7-12(3-5-14(10)16)17-9-11-8-13(19-2)4-6-15(11)18/h3-8,17-18H,9H2,1-2H3. The number of aromatic hydroxyl groups is 1. The number of methoxy groups -OCH3 is 1. The molecule has 2 rings (SSSR count). The number of phenols is 1. The highest BCUT2D eigenvalue weighted by Gasteiger charge is 2.04. The molecule has 0 heterocycles. The van der Waals surface area contributed by atoms with Gasteiger partial charge in [0.2, 0.25) is 0 Å². The summed E-state index contributed by atoms with van der Waals surface area (Å²) in [5.74, 6) is 0.659. The molecule has 19 heavy (non-hydrogen) atoms. The fraction of sp³-hybridized carbons (Fsp3) is 0.200. The SMILES string of the molecule is COc1ccc(O)c(CNc2ccc(F)c(C)c2)c1. The second-order valence-electron chi connectivity index (χ2n) is 4.31. The van der Waals surface area contributed by atoms with Crippen molar-refractivity contribution < 1.29 is 14.2 Å². The van der Waals surface area contributed by atoms with Crippen molar-refractivity contribution in [3.63, 3.8) is 0 Å². The van der Waals surface area contributed by atoms with Gasteiger partial charge >= 0.3 is 0 Å². The van der Waals surface area contributed by atoms with Crippen LogP contribution in [0, 0.1) is 12.7 Å². The van der Waals surface area contributed by atoms with Gasteiger partial charge in [0.25, 0.3) is 0 Å². The van der Waals surface area contributed by atoms with Gasteiger partial charge in [-0.1, -0.05) is 0 Å². The van der Waals surface area contributed by atoms with Gasteiger partial charge in [-0.15, -0.1) is 0 Å². The first-order valence-corrected chi connectivity index (χ1v) is 5.96. The summed E-state index contributed by atoms with van der Waals surface area (Å²) >= 11 is 0. The number of rotatable bonds is 4. The Morgan fingerprint density at radius 1 is 1.21 bits per heavy atom. The average molecular weight is 261 g/mol. The molecule has 0 amide bonds. The van der Waals surface area contributed by atoms with Gasteiger partial charge in [0.05, 0.1) is 7.11 Å². The fourth-order valence-corrected chi connectivity index (χ4v) is 1.78. The quantitative estimate of drug-likeness (QED) is 0.885. The number of ether oxygens (including phenoxy) is 1. The Labute approximate surface area is 111 Å². The summed E-state index contributed by atoms with van der Waals surface area (Å²) in [6, 6.07) is 9.86. The molecule has 0 fully saturated rings. The predicted octanol–water partition coefficient (Wildman–Crippen LogP) is 3.46. The van der Waals surface area contributed by atoms with Crippen molar-refractivity contribution in [2.75, 3.05) is 12.4 Å². The van der Waals surface area contributed by atoms with Crippen LogP contribution in [0.2, 0.25) is 0 Å². The van der Waals surface area contributed by atoms with Crippen LogP contribution in [-0.2, 0) is 6.54 Å². The monoisotopic (exact) mass is 261 g/mol. The van der Waals surface area contributed by atoms with Crippen LogP contribution in [0.15, 0.2) is 36.4 Å². The van der Waals surface area contributed by atoms with Crippen molar-refractivity contribution in [2.45, 2.75) is 13.5 Å². The molecule has 0 bridgehead atoms. The van der Waals surface area contributed by atoms with Gasteiger partial charge in [-0.3, -0.25) is 0 Å². The summed E-state index contributed by atoms with van der Waals surface area (Å²) in [7, 11) is 1.58. The number of hydrogen-bond acceptors (Lipinski definition) is 3. The Morgan fingerprint density at radius 2 is 2.00 bits per heavy atom. The van der Waals surface area contributed by atoms with Gasteiger partial charge < -0.3 is 15.2 Å². The van der Waals surface area contributed by atoms with E-state index in [-0.39, 0.29) is 11.6 Å². The first-order chi connectivity index (χ1) is 9.10. The summed E-state index contributed by atoms with van der Waals surface area (Å²) in [6.07, 6.45) is 0. The maximum atomic E-state index is 13.1. The van der Waals surface area contributed by atoms with Crippen LogP contribution in [0.25, 0.3) is 0 Å². The molecule has 2 aromatic rings. The van der Waals surface area contributed by atoms with Crippen molar-refractivity contribution in [3.05, 3.63) is 53.3 Å². The van der Waals surface area contributed by atoms with E-state index in [2.05, 4.69) is 5.32 Å². The number of hydrogen-bond donors (Lipinski definition) is 2. The highest BCUT2D eigenvalue weighted by atomic mass is 19.1. The van der Waals surface area contributed by atoms with Gasteiger partial charge in [0, 0.05) is 17.8 Å². The molecule has 0 spiro atoms. The minimum atomic E-state index is -0.227. The number of nitrogens with one attached hydrogen (secondary N) is 1. The molecule has 100 valence electrons. The number of halogens is 1. The minimum absolute atomic E-state index is 0.201. The molecule has 2 aromatic carbocycles. The fourth-order valence-electron chi connectivity index (χ4n) is 1.78. The molecule has 0 saturated heterocycles. The predicted molar refractivity (Wildman–Crippen MR) is 73.1 cm³/mol.